The van der Waals surface area contributed by atoms with E-state index in [9.17, 15) is 13.2 Å². The predicted octanol–water partition coefficient (Wildman–Crippen LogP) is 3.94. The summed E-state index contributed by atoms with van der Waals surface area (Å²) < 4.78 is 25.7. The van der Waals surface area contributed by atoms with Crippen LogP contribution in [0.4, 0.5) is 5.69 Å². The van der Waals surface area contributed by atoms with E-state index in [2.05, 4.69) is 5.32 Å². The number of nitrogens with zero attached hydrogens (tertiary/aromatic N) is 1. The number of benzene rings is 1. The number of carbonyl (C=O) groups is 1. The van der Waals surface area contributed by atoms with Crippen molar-refractivity contribution in [1.29, 1.82) is 0 Å². The lowest BCUT2D eigenvalue weighted by Gasteiger charge is -2.32. The van der Waals surface area contributed by atoms with E-state index in [1.54, 1.807) is 6.92 Å². The molecular weight excluding hydrogens is 383 g/mol. The molecule has 142 valence electrons. The van der Waals surface area contributed by atoms with Gasteiger partial charge in [-0.2, -0.15) is 0 Å². The SMILES string of the molecule is CC(C)C(NC(=O)[C@@H](C)N(c1ccc(Cl)c(Cl)c1)S(C)(=O)=O)C(C)C. The molecule has 8 heteroatoms. The quantitative estimate of drug-likeness (QED) is 0.742. The van der Waals surface area contributed by atoms with Gasteiger partial charge >= 0.3 is 0 Å². The van der Waals surface area contributed by atoms with Crippen LogP contribution in [-0.2, 0) is 14.8 Å². The second kappa shape index (κ2) is 8.60. The second-order valence-electron chi connectivity index (χ2n) is 6.86. The first-order valence-corrected chi connectivity index (χ1v) is 10.7. The fraction of sp³-hybridized carbons (Fsp3) is 0.588. The van der Waals surface area contributed by atoms with Crippen LogP contribution < -0.4 is 9.62 Å². The average Bonchev–Trinajstić information content (AvgIpc) is 2.46. The molecule has 0 aromatic heterocycles. The number of hydrogen-bond donors (Lipinski definition) is 1. The van der Waals surface area contributed by atoms with Crippen molar-refractivity contribution in [1.82, 2.24) is 5.32 Å². The zero-order valence-corrected chi connectivity index (χ0v) is 17.7. The van der Waals surface area contributed by atoms with Gasteiger partial charge in [0.2, 0.25) is 15.9 Å². The molecular formula is C17H26Cl2N2O3S. The number of anilines is 1. The molecule has 0 fully saturated rings. The Balaban J connectivity index is 3.19. The summed E-state index contributed by atoms with van der Waals surface area (Å²) >= 11 is 11.9. The van der Waals surface area contributed by atoms with Gasteiger partial charge in [-0.15, -0.1) is 0 Å². The Morgan fingerprint density at radius 1 is 1.04 bits per heavy atom. The standard InChI is InChI=1S/C17H26Cl2N2O3S/c1-10(2)16(11(3)4)20-17(22)12(5)21(25(6,23)24)13-7-8-14(18)15(19)9-13/h7-12,16H,1-6H3,(H,20,22)/t12-/m1/s1. The largest absolute Gasteiger partial charge is 0.351 e. The lowest BCUT2D eigenvalue weighted by Crippen LogP contribution is -2.52. The Bertz CT molecular complexity index is 713. The Morgan fingerprint density at radius 3 is 1.96 bits per heavy atom. The van der Waals surface area contributed by atoms with Crippen molar-refractivity contribution >= 4 is 44.8 Å². The minimum atomic E-state index is -3.70. The third-order valence-electron chi connectivity index (χ3n) is 3.99. The fourth-order valence-electron chi connectivity index (χ4n) is 2.82. The number of sulfonamides is 1. The molecule has 1 atom stereocenters. The van der Waals surface area contributed by atoms with Gasteiger partial charge in [-0.05, 0) is 37.0 Å². The molecule has 0 unspecified atom stereocenters. The van der Waals surface area contributed by atoms with E-state index in [0.29, 0.717) is 10.7 Å². The molecule has 1 amide bonds. The van der Waals surface area contributed by atoms with E-state index in [0.717, 1.165) is 10.6 Å². The van der Waals surface area contributed by atoms with E-state index in [-0.39, 0.29) is 28.8 Å². The van der Waals surface area contributed by atoms with E-state index >= 15 is 0 Å². The van der Waals surface area contributed by atoms with Gasteiger partial charge < -0.3 is 5.32 Å². The summed E-state index contributed by atoms with van der Waals surface area (Å²) in [6.07, 6.45) is 1.06. The number of hydrogen-bond acceptors (Lipinski definition) is 3. The predicted molar refractivity (Wildman–Crippen MR) is 105 cm³/mol. The number of nitrogens with one attached hydrogen (secondary N) is 1. The molecule has 25 heavy (non-hydrogen) atoms. The van der Waals surface area contributed by atoms with Crippen LogP contribution in [0, 0.1) is 11.8 Å². The van der Waals surface area contributed by atoms with Crippen molar-refractivity contribution in [3.63, 3.8) is 0 Å². The maximum atomic E-state index is 12.7. The van der Waals surface area contributed by atoms with Crippen LogP contribution in [0.5, 0.6) is 0 Å². The molecule has 0 aliphatic heterocycles. The van der Waals surface area contributed by atoms with Crippen molar-refractivity contribution in [3.05, 3.63) is 28.2 Å². The highest BCUT2D eigenvalue weighted by Crippen LogP contribution is 2.29. The summed E-state index contributed by atoms with van der Waals surface area (Å²) in [7, 11) is -3.70. The minimum Gasteiger partial charge on any atom is -0.351 e. The molecule has 0 heterocycles. The lowest BCUT2D eigenvalue weighted by molar-refractivity contribution is -0.123. The summed E-state index contributed by atoms with van der Waals surface area (Å²) in [4.78, 5) is 12.7. The summed E-state index contributed by atoms with van der Waals surface area (Å²) in [5.74, 6) is 0.101. The van der Waals surface area contributed by atoms with Gasteiger partial charge in [0.25, 0.3) is 0 Å². The smallest absolute Gasteiger partial charge is 0.243 e. The molecule has 0 saturated heterocycles. The number of rotatable bonds is 7. The summed E-state index contributed by atoms with van der Waals surface area (Å²) in [6, 6.07) is 3.50. The zero-order chi connectivity index (χ0) is 19.5. The van der Waals surface area contributed by atoms with Gasteiger partial charge in [-0.1, -0.05) is 50.9 Å². The average molecular weight is 409 g/mol. The summed E-state index contributed by atoms with van der Waals surface area (Å²) in [5.41, 5.74) is 0.296. The van der Waals surface area contributed by atoms with Gasteiger partial charge in [-0.3, -0.25) is 9.10 Å². The van der Waals surface area contributed by atoms with Crippen LogP contribution in [0.3, 0.4) is 0 Å². The normalized spacial score (nSPS) is 13.4. The van der Waals surface area contributed by atoms with Crippen LogP contribution in [0.25, 0.3) is 0 Å². The molecule has 0 radical (unpaired) electrons. The topological polar surface area (TPSA) is 66.5 Å². The molecule has 5 nitrogen and oxygen atoms in total. The number of halogens is 2. The van der Waals surface area contributed by atoms with Crippen molar-refractivity contribution in [2.75, 3.05) is 10.6 Å². The first-order chi connectivity index (χ1) is 11.4. The Kier molecular flexibility index (Phi) is 7.59. The summed E-state index contributed by atoms with van der Waals surface area (Å²) in [5, 5.41) is 3.50. The monoisotopic (exact) mass is 408 g/mol. The molecule has 0 aliphatic rings. The number of carbonyl (C=O) groups excluding carboxylic acids is 1. The van der Waals surface area contributed by atoms with E-state index in [1.807, 2.05) is 27.7 Å². The molecule has 0 spiro atoms. The maximum Gasteiger partial charge on any atom is 0.243 e. The molecule has 0 saturated carbocycles. The summed E-state index contributed by atoms with van der Waals surface area (Å²) in [6.45, 7) is 9.62. The highest BCUT2D eigenvalue weighted by atomic mass is 35.5. The Morgan fingerprint density at radius 2 is 1.56 bits per heavy atom. The maximum absolute atomic E-state index is 12.7. The zero-order valence-electron chi connectivity index (χ0n) is 15.4. The molecule has 0 bridgehead atoms. The molecule has 1 aromatic carbocycles. The van der Waals surface area contributed by atoms with Crippen LogP contribution in [-0.4, -0.2) is 32.7 Å². The van der Waals surface area contributed by atoms with E-state index in [4.69, 9.17) is 23.2 Å². The second-order valence-corrected chi connectivity index (χ2v) is 9.53. The third kappa shape index (κ3) is 5.76. The van der Waals surface area contributed by atoms with Crippen molar-refractivity contribution in [3.8, 4) is 0 Å². The third-order valence-corrected chi connectivity index (χ3v) is 5.97. The van der Waals surface area contributed by atoms with Crippen molar-refractivity contribution < 1.29 is 13.2 Å². The van der Waals surface area contributed by atoms with Crippen LogP contribution in [0.15, 0.2) is 18.2 Å². The molecule has 1 aromatic rings. The fourth-order valence-corrected chi connectivity index (χ4v) is 4.28. The van der Waals surface area contributed by atoms with Gasteiger partial charge in [0.15, 0.2) is 0 Å². The van der Waals surface area contributed by atoms with Gasteiger partial charge in [-0.25, -0.2) is 8.42 Å². The highest BCUT2D eigenvalue weighted by molar-refractivity contribution is 7.92. The first kappa shape index (κ1) is 22.1. The van der Waals surface area contributed by atoms with Gasteiger partial charge in [0.05, 0.1) is 22.0 Å². The van der Waals surface area contributed by atoms with Crippen LogP contribution in [0.1, 0.15) is 34.6 Å². The van der Waals surface area contributed by atoms with Crippen LogP contribution in [0.2, 0.25) is 10.0 Å². The van der Waals surface area contributed by atoms with E-state index in [1.165, 1.54) is 18.2 Å². The van der Waals surface area contributed by atoms with Crippen molar-refractivity contribution in [2.24, 2.45) is 11.8 Å². The van der Waals surface area contributed by atoms with E-state index < -0.39 is 16.1 Å². The first-order valence-electron chi connectivity index (χ1n) is 8.11. The van der Waals surface area contributed by atoms with Crippen LogP contribution >= 0.6 is 23.2 Å². The molecule has 0 aliphatic carbocycles. The lowest BCUT2D eigenvalue weighted by atomic mass is 9.93. The molecule has 1 rings (SSSR count). The Labute approximate surface area is 160 Å². The van der Waals surface area contributed by atoms with Gasteiger partial charge in [0, 0.05) is 6.04 Å². The van der Waals surface area contributed by atoms with Gasteiger partial charge in [0.1, 0.15) is 6.04 Å². The minimum absolute atomic E-state index is 0.0508. The number of amides is 1. The van der Waals surface area contributed by atoms with Crippen molar-refractivity contribution in [2.45, 2.75) is 46.7 Å². The molecule has 1 N–H and O–H groups in total. The highest BCUT2D eigenvalue weighted by Gasteiger charge is 2.31. The Hall–Kier alpha value is -0.980.